The van der Waals surface area contributed by atoms with Gasteiger partial charge in [-0.25, -0.2) is 5.43 Å². The van der Waals surface area contributed by atoms with Crippen LogP contribution in [0.4, 0.5) is 5.69 Å². The maximum atomic E-state index is 12.2. The van der Waals surface area contributed by atoms with Crippen molar-refractivity contribution >= 4 is 17.8 Å². The second kappa shape index (κ2) is 10.2. The minimum atomic E-state index is -0.0712. The van der Waals surface area contributed by atoms with E-state index in [4.69, 9.17) is 0 Å². The normalized spacial score (nSPS) is 15.6. The first-order valence-corrected chi connectivity index (χ1v) is 10.1. The van der Waals surface area contributed by atoms with Crippen molar-refractivity contribution in [3.63, 3.8) is 0 Å². The van der Waals surface area contributed by atoms with E-state index >= 15 is 0 Å². The lowest BCUT2D eigenvalue weighted by Crippen LogP contribution is -2.48. The van der Waals surface area contributed by atoms with Crippen molar-refractivity contribution in [1.82, 2.24) is 15.2 Å². The number of hydrazone groups is 1. The van der Waals surface area contributed by atoms with E-state index in [-0.39, 0.29) is 5.91 Å². The summed E-state index contributed by atoms with van der Waals surface area (Å²) >= 11 is 0. The number of hydrogen-bond acceptors (Lipinski definition) is 5. The number of amides is 1. The molecule has 1 heterocycles. The van der Waals surface area contributed by atoms with Gasteiger partial charge in [0, 0.05) is 52.5 Å². The molecule has 0 aromatic heterocycles. The van der Waals surface area contributed by atoms with Gasteiger partial charge in [-0.1, -0.05) is 42.0 Å². The van der Waals surface area contributed by atoms with Crippen LogP contribution in [0.25, 0.3) is 0 Å². The fraction of sp³-hybridized carbons (Fsp3) is 0.391. The number of nitrogens with one attached hydrogen (secondary N) is 1. The van der Waals surface area contributed by atoms with Crippen LogP contribution in [0, 0.1) is 6.92 Å². The molecule has 6 heteroatoms. The zero-order chi connectivity index (χ0) is 20.6. The van der Waals surface area contributed by atoms with E-state index in [0.29, 0.717) is 6.54 Å². The topological polar surface area (TPSA) is 51.2 Å². The Kier molecular flexibility index (Phi) is 7.38. The lowest BCUT2D eigenvalue weighted by atomic mass is 10.1. The standard InChI is InChI=1S/C23H31N5O/c1-19-4-6-21(7-5-19)17-27-12-14-28(15-13-27)18-23(29)25-24-16-20-8-10-22(11-9-20)26(2)3/h4-11,16H,12-15,17-18H2,1-3H3,(H,25,29). The first-order valence-electron chi connectivity index (χ1n) is 10.1. The molecule has 6 nitrogen and oxygen atoms in total. The molecule has 3 rings (SSSR count). The van der Waals surface area contributed by atoms with Crippen molar-refractivity contribution in [2.24, 2.45) is 5.10 Å². The van der Waals surface area contributed by atoms with Crippen LogP contribution >= 0.6 is 0 Å². The van der Waals surface area contributed by atoms with Gasteiger partial charge in [0.1, 0.15) is 0 Å². The number of carbonyl (C=O) groups excluding carboxylic acids is 1. The Morgan fingerprint density at radius 1 is 1.00 bits per heavy atom. The Labute approximate surface area is 173 Å². The number of benzene rings is 2. The Morgan fingerprint density at radius 2 is 1.62 bits per heavy atom. The molecule has 1 aliphatic rings. The van der Waals surface area contributed by atoms with E-state index in [1.165, 1.54) is 11.1 Å². The van der Waals surface area contributed by atoms with Crippen LogP contribution in [-0.2, 0) is 11.3 Å². The predicted octanol–water partition coefficient (Wildman–Crippen LogP) is 2.33. The van der Waals surface area contributed by atoms with Crippen LogP contribution in [0.5, 0.6) is 0 Å². The molecule has 1 amide bonds. The highest BCUT2D eigenvalue weighted by Gasteiger charge is 2.18. The summed E-state index contributed by atoms with van der Waals surface area (Å²) in [5.41, 5.74) is 7.36. The van der Waals surface area contributed by atoms with Gasteiger partial charge in [-0.15, -0.1) is 0 Å². The van der Waals surface area contributed by atoms with Crippen molar-refractivity contribution in [2.45, 2.75) is 13.5 Å². The minimum Gasteiger partial charge on any atom is -0.378 e. The minimum absolute atomic E-state index is 0.0712. The average Bonchev–Trinajstić information content (AvgIpc) is 2.71. The molecule has 1 N–H and O–H groups in total. The SMILES string of the molecule is Cc1ccc(CN2CCN(CC(=O)NN=Cc3ccc(N(C)C)cc3)CC2)cc1. The van der Waals surface area contributed by atoms with Crippen molar-refractivity contribution in [1.29, 1.82) is 0 Å². The summed E-state index contributed by atoms with van der Waals surface area (Å²) in [4.78, 5) is 18.8. The van der Waals surface area contributed by atoms with Crippen LogP contribution in [0.3, 0.4) is 0 Å². The number of hydrogen-bond donors (Lipinski definition) is 1. The van der Waals surface area contributed by atoms with Crippen molar-refractivity contribution in [2.75, 3.05) is 51.7 Å². The van der Waals surface area contributed by atoms with Gasteiger partial charge in [-0.2, -0.15) is 5.10 Å². The molecule has 0 atom stereocenters. The van der Waals surface area contributed by atoms with Gasteiger partial charge >= 0.3 is 0 Å². The Hall–Kier alpha value is -2.70. The Balaban J connectivity index is 1.37. The van der Waals surface area contributed by atoms with Gasteiger partial charge in [-0.3, -0.25) is 14.6 Å². The third-order valence-corrected chi connectivity index (χ3v) is 5.17. The van der Waals surface area contributed by atoms with Gasteiger partial charge in [-0.05, 0) is 30.2 Å². The van der Waals surface area contributed by atoms with E-state index < -0.39 is 0 Å². The second-order valence-electron chi connectivity index (χ2n) is 7.82. The Morgan fingerprint density at radius 3 is 2.24 bits per heavy atom. The maximum absolute atomic E-state index is 12.2. The molecular weight excluding hydrogens is 362 g/mol. The van der Waals surface area contributed by atoms with Gasteiger partial charge in [0.15, 0.2) is 0 Å². The van der Waals surface area contributed by atoms with E-state index in [2.05, 4.69) is 51.5 Å². The summed E-state index contributed by atoms with van der Waals surface area (Å²) in [6.07, 6.45) is 1.68. The van der Waals surface area contributed by atoms with Crippen LogP contribution in [0.15, 0.2) is 53.6 Å². The first-order chi connectivity index (χ1) is 14.0. The molecule has 0 aliphatic carbocycles. The van der Waals surface area contributed by atoms with E-state index in [1.54, 1.807) is 6.21 Å². The summed E-state index contributed by atoms with van der Waals surface area (Å²) in [7, 11) is 4.01. The molecule has 154 valence electrons. The monoisotopic (exact) mass is 393 g/mol. The van der Waals surface area contributed by atoms with Crippen molar-refractivity contribution < 1.29 is 4.79 Å². The predicted molar refractivity (Wildman–Crippen MR) is 119 cm³/mol. The lowest BCUT2D eigenvalue weighted by molar-refractivity contribution is -0.122. The highest BCUT2D eigenvalue weighted by Crippen LogP contribution is 2.11. The number of carbonyl (C=O) groups is 1. The molecular formula is C23H31N5O. The molecule has 2 aromatic carbocycles. The summed E-state index contributed by atoms with van der Waals surface area (Å²) in [5.74, 6) is -0.0712. The molecule has 1 saturated heterocycles. The quantitative estimate of drug-likeness (QED) is 0.579. The third-order valence-electron chi connectivity index (χ3n) is 5.17. The largest absolute Gasteiger partial charge is 0.378 e. The number of rotatable bonds is 7. The van der Waals surface area contributed by atoms with Crippen molar-refractivity contribution in [3.05, 3.63) is 65.2 Å². The van der Waals surface area contributed by atoms with Crippen LogP contribution in [0.2, 0.25) is 0 Å². The average molecular weight is 394 g/mol. The number of aryl methyl sites for hydroxylation is 1. The summed E-state index contributed by atoms with van der Waals surface area (Å²) in [5, 5.41) is 4.08. The summed E-state index contributed by atoms with van der Waals surface area (Å²) in [6.45, 7) is 7.21. The molecule has 1 fully saturated rings. The third kappa shape index (κ3) is 6.69. The molecule has 0 unspecified atom stereocenters. The fourth-order valence-corrected chi connectivity index (χ4v) is 3.33. The number of nitrogens with zero attached hydrogens (tertiary/aromatic N) is 4. The molecule has 29 heavy (non-hydrogen) atoms. The lowest BCUT2D eigenvalue weighted by Gasteiger charge is -2.34. The van der Waals surface area contributed by atoms with Gasteiger partial charge in [0.05, 0.1) is 12.8 Å². The molecule has 1 aliphatic heterocycles. The van der Waals surface area contributed by atoms with Crippen LogP contribution in [0.1, 0.15) is 16.7 Å². The first kappa shape index (κ1) is 21.0. The molecule has 2 aromatic rings. The number of piperazine rings is 1. The van der Waals surface area contributed by atoms with Crippen LogP contribution < -0.4 is 10.3 Å². The molecule has 0 spiro atoms. The zero-order valence-electron chi connectivity index (χ0n) is 17.6. The highest BCUT2D eigenvalue weighted by atomic mass is 16.2. The van der Waals surface area contributed by atoms with Gasteiger partial charge in [0.2, 0.25) is 0 Å². The van der Waals surface area contributed by atoms with E-state index in [9.17, 15) is 4.79 Å². The van der Waals surface area contributed by atoms with E-state index in [0.717, 1.165) is 44.0 Å². The van der Waals surface area contributed by atoms with E-state index in [1.807, 2.05) is 43.3 Å². The van der Waals surface area contributed by atoms with Gasteiger partial charge < -0.3 is 4.90 Å². The van der Waals surface area contributed by atoms with Crippen LogP contribution in [-0.4, -0.2) is 68.7 Å². The Bertz CT molecular complexity index is 806. The number of anilines is 1. The fourth-order valence-electron chi connectivity index (χ4n) is 3.33. The van der Waals surface area contributed by atoms with Crippen molar-refractivity contribution in [3.8, 4) is 0 Å². The molecule has 0 bridgehead atoms. The zero-order valence-corrected chi connectivity index (χ0v) is 17.6. The smallest absolute Gasteiger partial charge is 0.254 e. The summed E-state index contributed by atoms with van der Waals surface area (Å²) in [6, 6.07) is 16.7. The summed E-state index contributed by atoms with van der Waals surface area (Å²) < 4.78 is 0. The maximum Gasteiger partial charge on any atom is 0.254 e. The van der Waals surface area contributed by atoms with Gasteiger partial charge in [0.25, 0.3) is 5.91 Å². The second-order valence-corrected chi connectivity index (χ2v) is 7.82. The molecule has 0 saturated carbocycles. The molecule has 0 radical (unpaired) electrons. The highest BCUT2D eigenvalue weighted by molar-refractivity contribution is 5.83.